The number of benzene rings is 1. The van der Waals surface area contributed by atoms with Crippen molar-refractivity contribution in [3.05, 3.63) is 70.9 Å². The fourth-order valence-corrected chi connectivity index (χ4v) is 5.65. The van der Waals surface area contributed by atoms with Gasteiger partial charge in [0.1, 0.15) is 4.83 Å². The van der Waals surface area contributed by atoms with E-state index in [0.29, 0.717) is 11.3 Å². The summed E-state index contributed by atoms with van der Waals surface area (Å²) in [7, 11) is 0. The van der Waals surface area contributed by atoms with Gasteiger partial charge >= 0.3 is 0 Å². The molecule has 0 fully saturated rings. The first kappa shape index (κ1) is 27.3. The first-order valence-electron chi connectivity index (χ1n) is 15.1. The standard InChI is InChI=1S/C20H13N2OS.C13H24O2.Ir/c1-11-6-8-15-14-4-3-5-16(18(14)23-19(15)21-11)17-9-7-13-10-12(2)24-20(13)22-17;1-5-10(6-2)12(14)9-13(15)11(7-3)8-4;/h3-4,6-10H,1-2H3;9-11,14H,5-8H2,1-4H3;/q-1;;/b;12-9-;/i1D3;;. The smallest absolute Gasteiger partial charge is 0.216 e. The Morgan fingerprint density at radius 1 is 1.05 bits per heavy atom. The number of carbonyl (C=O) groups is 1. The molecule has 1 aromatic carbocycles. The number of hydrogen-bond acceptors (Lipinski definition) is 6. The van der Waals surface area contributed by atoms with Crippen molar-refractivity contribution in [1.82, 2.24) is 9.97 Å². The van der Waals surface area contributed by atoms with Crippen LogP contribution in [0.2, 0.25) is 0 Å². The van der Waals surface area contributed by atoms with Crippen LogP contribution in [0.25, 0.3) is 43.5 Å². The molecule has 5 nitrogen and oxygen atoms in total. The Labute approximate surface area is 258 Å². The van der Waals surface area contributed by atoms with Gasteiger partial charge in [-0.05, 0) is 63.4 Å². The summed E-state index contributed by atoms with van der Waals surface area (Å²) in [6.07, 6.45) is 4.91. The first-order chi connectivity index (χ1) is 20.0. The fourth-order valence-electron chi connectivity index (χ4n) is 4.77. The van der Waals surface area contributed by atoms with E-state index in [-0.39, 0.29) is 49.2 Å². The number of pyridine rings is 2. The third-order valence-corrected chi connectivity index (χ3v) is 8.10. The van der Waals surface area contributed by atoms with Crippen LogP contribution in [0.5, 0.6) is 0 Å². The van der Waals surface area contributed by atoms with E-state index in [9.17, 15) is 9.90 Å². The predicted octanol–water partition coefficient (Wildman–Crippen LogP) is 9.54. The number of aliphatic hydroxyl groups is 1. The molecular weight excluding hydrogens is 697 g/mol. The molecule has 0 amide bonds. The van der Waals surface area contributed by atoms with Gasteiger partial charge in [0, 0.05) is 63.5 Å². The number of fused-ring (bicyclic) bond motifs is 4. The molecule has 0 unspecified atom stereocenters. The molecule has 0 atom stereocenters. The van der Waals surface area contributed by atoms with Gasteiger partial charge in [0.15, 0.2) is 5.78 Å². The summed E-state index contributed by atoms with van der Waals surface area (Å²) in [6.45, 7) is 7.86. The number of nitrogens with zero attached hydrogens (tertiary/aromatic N) is 2. The second-order valence-corrected chi connectivity index (χ2v) is 10.9. The number of allylic oxidation sites excluding steroid dienone is 2. The summed E-state index contributed by atoms with van der Waals surface area (Å²) in [4.78, 5) is 22.9. The Balaban J connectivity index is 0.000000274. The van der Waals surface area contributed by atoms with Crippen LogP contribution in [0.3, 0.4) is 0 Å². The van der Waals surface area contributed by atoms with Crippen LogP contribution in [0, 0.1) is 31.7 Å². The fraction of sp³-hybridized carbons (Fsp3) is 0.364. The maximum atomic E-state index is 11.7. The summed E-state index contributed by atoms with van der Waals surface area (Å²) >= 11 is 1.65. The van der Waals surface area contributed by atoms with E-state index in [0.717, 1.165) is 57.9 Å². The third-order valence-electron chi connectivity index (χ3n) is 7.14. The van der Waals surface area contributed by atoms with Gasteiger partial charge in [-0.25, -0.2) is 4.98 Å². The minimum Gasteiger partial charge on any atom is -0.512 e. The molecule has 5 aromatic rings. The molecule has 213 valence electrons. The van der Waals surface area contributed by atoms with Crippen molar-refractivity contribution in [1.29, 1.82) is 0 Å². The summed E-state index contributed by atoms with van der Waals surface area (Å²) < 4.78 is 28.6. The zero-order chi connectivity index (χ0) is 30.6. The van der Waals surface area contributed by atoms with Gasteiger partial charge in [-0.1, -0.05) is 50.8 Å². The number of furan rings is 1. The molecule has 7 heteroatoms. The maximum absolute atomic E-state index is 11.7. The predicted molar refractivity (Wildman–Crippen MR) is 162 cm³/mol. The summed E-state index contributed by atoms with van der Waals surface area (Å²) in [6, 6.07) is 16.3. The van der Waals surface area contributed by atoms with Crippen molar-refractivity contribution in [3.8, 4) is 11.3 Å². The third kappa shape index (κ3) is 6.88. The number of aryl methyl sites for hydroxylation is 2. The van der Waals surface area contributed by atoms with Crippen LogP contribution in [0.15, 0.2) is 58.7 Å². The van der Waals surface area contributed by atoms with Crippen LogP contribution in [-0.2, 0) is 24.9 Å². The molecule has 40 heavy (non-hydrogen) atoms. The summed E-state index contributed by atoms with van der Waals surface area (Å²) in [5.41, 5.74) is 2.46. The molecule has 0 saturated carbocycles. The Morgan fingerprint density at radius 3 is 2.45 bits per heavy atom. The quantitative estimate of drug-likeness (QED) is 0.0976. The van der Waals surface area contributed by atoms with Crippen molar-refractivity contribution in [2.45, 2.75) is 67.2 Å². The minimum absolute atomic E-state index is 0. The van der Waals surface area contributed by atoms with E-state index in [4.69, 9.17) is 13.5 Å². The molecule has 4 heterocycles. The Bertz CT molecular complexity index is 1730. The van der Waals surface area contributed by atoms with Gasteiger partial charge in [-0.15, -0.1) is 29.5 Å². The topological polar surface area (TPSA) is 76.2 Å². The van der Waals surface area contributed by atoms with Gasteiger partial charge in [-0.3, -0.25) is 9.78 Å². The second-order valence-electron chi connectivity index (χ2n) is 9.69. The molecule has 0 spiro atoms. The summed E-state index contributed by atoms with van der Waals surface area (Å²) in [5.74, 6) is 0.547. The zero-order valence-electron chi connectivity index (χ0n) is 26.5. The number of carbonyl (C=O) groups excluding carboxylic acids is 1. The van der Waals surface area contributed by atoms with Crippen molar-refractivity contribution < 1.29 is 38.5 Å². The monoisotopic (exact) mass is 737 g/mol. The Hall–Kier alpha value is -2.86. The van der Waals surface area contributed by atoms with E-state index in [1.165, 1.54) is 17.0 Å². The number of thiophene rings is 1. The van der Waals surface area contributed by atoms with Gasteiger partial charge in [0.25, 0.3) is 0 Å². The molecular formula is C33H37IrN2O3S-. The number of aliphatic hydroxyl groups excluding tert-OH is 1. The van der Waals surface area contributed by atoms with Crippen molar-refractivity contribution in [3.63, 3.8) is 0 Å². The van der Waals surface area contributed by atoms with E-state index >= 15 is 0 Å². The SMILES string of the molecule is CCC(CC)C(=O)/C=C(\O)C(CC)CC.[2H]C([2H])([2H])c1ccc2c(n1)oc1c(-c3ccc4cc(C)sc4n3)[c-]ccc12.[Ir]. The molecule has 0 aliphatic carbocycles. The molecule has 1 N–H and O–H groups in total. The van der Waals surface area contributed by atoms with Crippen LogP contribution in [0.4, 0.5) is 0 Å². The average molecular weight is 737 g/mol. The van der Waals surface area contributed by atoms with Gasteiger partial charge in [-0.2, -0.15) is 0 Å². The maximum Gasteiger partial charge on any atom is 0.216 e. The van der Waals surface area contributed by atoms with Gasteiger partial charge < -0.3 is 9.52 Å². The van der Waals surface area contributed by atoms with Crippen LogP contribution < -0.4 is 0 Å². The van der Waals surface area contributed by atoms with Crippen molar-refractivity contribution >= 4 is 49.4 Å². The molecule has 4 aromatic heterocycles. The molecule has 0 aliphatic heterocycles. The number of hydrogen-bond donors (Lipinski definition) is 1. The molecule has 0 aliphatic rings. The van der Waals surface area contributed by atoms with E-state index in [2.05, 4.69) is 24.0 Å². The number of ketones is 1. The zero-order valence-corrected chi connectivity index (χ0v) is 26.7. The van der Waals surface area contributed by atoms with E-state index in [1.807, 2.05) is 52.0 Å². The molecule has 5 rings (SSSR count). The normalized spacial score (nSPS) is 13.2. The largest absolute Gasteiger partial charge is 0.512 e. The molecule has 0 bridgehead atoms. The number of rotatable bonds is 8. The molecule has 1 radical (unpaired) electrons. The van der Waals surface area contributed by atoms with E-state index in [1.54, 1.807) is 17.4 Å². The van der Waals surface area contributed by atoms with E-state index < -0.39 is 6.85 Å². The van der Waals surface area contributed by atoms with Crippen molar-refractivity contribution in [2.24, 2.45) is 11.8 Å². The number of aromatic nitrogens is 2. The van der Waals surface area contributed by atoms with Gasteiger partial charge in [0.05, 0.1) is 11.3 Å². The average Bonchev–Trinajstić information content (AvgIpc) is 3.52. The van der Waals surface area contributed by atoms with Crippen LogP contribution >= 0.6 is 11.3 Å². The first-order valence-corrected chi connectivity index (χ1v) is 14.4. The molecule has 0 saturated heterocycles. The van der Waals surface area contributed by atoms with Crippen LogP contribution in [-0.4, -0.2) is 20.9 Å². The van der Waals surface area contributed by atoms with Crippen molar-refractivity contribution in [2.75, 3.05) is 0 Å². The Kier molecular flexibility index (Phi) is 9.67. The Morgan fingerprint density at radius 2 is 1.77 bits per heavy atom. The summed E-state index contributed by atoms with van der Waals surface area (Å²) in [5, 5.41) is 12.5. The van der Waals surface area contributed by atoms with Crippen LogP contribution in [0.1, 0.15) is 68.1 Å². The minimum atomic E-state index is -2.27. The second kappa shape index (κ2) is 14.2. The van der Waals surface area contributed by atoms with Gasteiger partial charge in [0.2, 0.25) is 5.71 Å².